The molecule has 0 radical (unpaired) electrons. The number of para-hydroxylation sites is 1. The fraction of sp³-hybridized carbons (Fsp3) is 0.333. The smallest absolute Gasteiger partial charge is 0.303 e. The Kier molecular flexibility index (Phi) is 4.63. The molecule has 92 valence electrons. The van der Waals surface area contributed by atoms with Crippen molar-refractivity contribution in [1.29, 1.82) is 0 Å². The third kappa shape index (κ3) is 4.63. The maximum Gasteiger partial charge on any atom is 0.303 e. The average molecular weight is 239 g/mol. The van der Waals surface area contributed by atoms with Gasteiger partial charge in [-0.25, -0.2) is 4.39 Å². The summed E-state index contributed by atoms with van der Waals surface area (Å²) < 4.78 is 13.2. The Morgan fingerprint density at radius 1 is 1.35 bits per heavy atom. The number of nitrogens with one attached hydrogen (secondary N) is 1. The number of carbonyl (C=O) groups excluding carboxylic acids is 1. The average Bonchev–Trinajstić information content (AvgIpc) is 2.19. The molecule has 0 saturated heterocycles. The fourth-order valence-corrected chi connectivity index (χ4v) is 1.45. The van der Waals surface area contributed by atoms with Crippen molar-refractivity contribution in [2.75, 3.05) is 5.32 Å². The van der Waals surface area contributed by atoms with Gasteiger partial charge in [0.1, 0.15) is 5.82 Å². The van der Waals surface area contributed by atoms with Gasteiger partial charge in [0.05, 0.1) is 5.69 Å². The molecule has 0 fully saturated rings. The summed E-state index contributed by atoms with van der Waals surface area (Å²) in [7, 11) is 0. The van der Waals surface area contributed by atoms with Crippen molar-refractivity contribution in [2.24, 2.45) is 5.92 Å². The second kappa shape index (κ2) is 5.98. The van der Waals surface area contributed by atoms with Crippen molar-refractivity contribution in [2.45, 2.75) is 19.8 Å². The molecular formula is C12H14FNO3. The van der Waals surface area contributed by atoms with E-state index in [1.54, 1.807) is 13.0 Å². The molecule has 1 unspecified atom stereocenters. The summed E-state index contributed by atoms with van der Waals surface area (Å²) >= 11 is 0. The molecule has 2 N–H and O–H groups in total. The lowest BCUT2D eigenvalue weighted by Crippen LogP contribution is -2.17. The zero-order valence-corrected chi connectivity index (χ0v) is 9.44. The molecule has 0 spiro atoms. The highest BCUT2D eigenvalue weighted by Gasteiger charge is 2.13. The molecule has 5 heteroatoms. The van der Waals surface area contributed by atoms with Crippen molar-refractivity contribution >= 4 is 17.6 Å². The maximum absolute atomic E-state index is 13.2. The van der Waals surface area contributed by atoms with Gasteiger partial charge >= 0.3 is 5.97 Å². The molecule has 1 rings (SSSR count). The summed E-state index contributed by atoms with van der Waals surface area (Å²) in [6.45, 7) is 1.66. The summed E-state index contributed by atoms with van der Waals surface area (Å²) in [5.74, 6) is -2.12. The first-order valence-corrected chi connectivity index (χ1v) is 5.25. The molecule has 0 aliphatic rings. The predicted molar refractivity (Wildman–Crippen MR) is 61.1 cm³/mol. The van der Waals surface area contributed by atoms with Gasteiger partial charge < -0.3 is 10.4 Å². The first kappa shape index (κ1) is 13.2. The largest absolute Gasteiger partial charge is 0.481 e. The summed E-state index contributed by atoms with van der Waals surface area (Å²) in [6, 6.07) is 5.84. The van der Waals surface area contributed by atoms with Crippen molar-refractivity contribution in [3.63, 3.8) is 0 Å². The van der Waals surface area contributed by atoms with E-state index in [9.17, 15) is 14.0 Å². The number of benzene rings is 1. The highest BCUT2D eigenvalue weighted by Crippen LogP contribution is 2.14. The highest BCUT2D eigenvalue weighted by molar-refractivity contribution is 5.91. The third-order valence-electron chi connectivity index (χ3n) is 2.20. The number of carboxylic acid groups (broad SMARTS) is 1. The van der Waals surface area contributed by atoms with Crippen molar-refractivity contribution < 1.29 is 19.1 Å². The van der Waals surface area contributed by atoms with Gasteiger partial charge in [-0.1, -0.05) is 19.1 Å². The van der Waals surface area contributed by atoms with Crippen LogP contribution in [0.3, 0.4) is 0 Å². The van der Waals surface area contributed by atoms with E-state index in [0.717, 1.165) is 0 Å². The van der Waals surface area contributed by atoms with Gasteiger partial charge in [-0.3, -0.25) is 9.59 Å². The Hall–Kier alpha value is -1.91. The van der Waals surface area contributed by atoms with E-state index in [0.29, 0.717) is 0 Å². The Bertz CT molecular complexity index is 420. The molecule has 0 aromatic heterocycles. The summed E-state index contributed by atoms with van der Waals surface area (Å²) in [5, 5.41) is 10.9. The fourth-order valence-electron chi connectivity index (χ4n) is 1.45. The minimum Gasteiger partial charge on any atom is -0.481 e. The van der Waals surface area contributed by atoms with Crippen molar-refractivity contribution in [3.8, 4) is 0 Å². The molecule has 17 heavy (non-hydrogen) atoms. The monoisotopic (exact) mass is 239 g/mol. The third-order valence-corrected chi connectivity index (χ3v) is 2.20. The van der Waals surface area contributed by atoms with Gasteiger partial charge in [0, 0.05) is 12.8 Å². The Morgan fingerprint density at radius 3 is 2.59 bits per heavy atom. The number of hydrogen-bond donors (Lipinski definition) is 2. The second-order valence-electron chi connectivity index (χ2n) is 3.94. The van der Waals surface area contributed by atoms with E-state index in [1.165, 1.54) is 18.2 Å². The van der Waals surface area contributed by atoms with Gasteiger partial charge in [0.2, 0.25) is 5.91 Å². The molecule has 0 aliphatic heterocycles. The molecule has 0 bridgehead atoms. The van der Waals surface area contributed by atoms with Gasteiger partial charge in [-0.15, -0.1) is 0 Å². The van der Waals surface area contributed by atoms with Gasteiger partial charge in [-0.2, -0.15) is 0 Å². The van der Waals surface area contributed by atoms with Crippen LogP contribution in [0.1, 0.15) is 19.8 Å². The summed E-state index contributed by atoms with van der Waals surface area (Å²) in [4.78, 5) is 21.9. The molecule has 1 aromatic rings. The molecule has 4 nitrogen and oxygen atoms in total. The number of aliphatic carboxylic acids is 1. The van der Waals surface area contributed by atoms with Crippen LogP contribution < -0.4 is 5.32 Å². The minimum atomic E-state index is -0.948. The van der Waals surface area contributed by atoms with Crippen LogP contribution in [0.4, 0.5) is 10.1 Å². The standard InChI is InChI=1S/C12H14FNO3/c1-8(7-12(16)17)6-11(15)14-10-5-3-2-4-9(10)13/h2-5,8H,6-7H2,1H3,(H,14,15)(H,16,17). The lowest BCUT2D eigenvalue weighted by molar-refractivity contribution is -0.138. The van der Waals surface area contributed by atoms with Crippen LogP contribution in [-0.2, 0) is 9.59 Å². The minimum absolute atomic E-state index is 0.0562. The van der Waals surface area contributed by atoms with Crippen LogP contribution in [-0.4, -0.2) is 17.0 Å². The molecule has 1 amide bonds. The number of hydrogen-bond acceptors (Lipinski definition) is 2. The van der Waals surface area contributed by atoms with E-state index in [-0.39, 0.29) is 30.4 Å². The summed E-state index contributed by atoms with van der Waals surface area (Å²) in [6.07, 6.45) is -0.0225. The van der Waals surface area contributed by atoms with E-state index >= 15 is 0 Å². The molecule has 1 atom stereocenters. The van der Waals surface area contributed by atoms with Gasteiger partial charge in [-0.05, 0) is 18.1 Å². The zero-order valence-electron chi connectivity index (χ0n) is 9.44. The number of rotatable bonds is 5. The van der Waals surface area contributed by atoms with E-state index in [4.69, 9.17) is 5.11 Å². The van der Waals surface area contributed by atoms with Gasteiger partial charge in [0.25, 0.3) is 0 Å². The van der Waals surface area contributed by atoms with E-state index < -0.39 is 11.8 Å². The lowest BCUT2D eigenvalue weighted by Gasteiger charge is -2.09. The van der Waals surface area contributed by atoms with Crippen molar-refractivity contribution in [1.82, 2.24) is 0 Å². The van der Waals surface area contributed by atoms with Crippen LogP contribution in [0.2, 0.25) is 0 Å². The van der Waals surface area contributed by atoms with Crippen LogP contribution in [0, 0.1) is 11.7 Å². The number of anilines is 1. The maximum atomic E-state index is 13.2. The van der Waals surface area contributed by atoms with Crippen LogP contribution in [0.15, 0.2) is 24.3 Å². The van der Waals surface area contributed by atoms with Crippen LogP contribution in [0.25, 0.3) is 0 Å². The van der Waals surface area contributed by atoms with Crippen molar-refractivity contribution in [3.05, 3.63) is 30.1 Å². The second-order valence-corrected chi connectivity index (χ2v) is 3.94. The first-order chi connectivity index (χ1) is 7.99. The van der Waals surface area contributed by atoms with E-state index in [1.807, 2.05) is 0 Å². The lowest BCUT2D eigenvalue weighted by atomic mass is 10.0. The molecule has 0 aliphatic carbocycles. The SMILES string of the molecule is CC(CC(=O)O)CC(=O)Nc1ccccc1F. The number of carbonyl (C=O) groups is 2. The molecular weight excluding hydrogens is 225 g/mol. The quantitative estimate of drug-likeness (QED) is 0.828. The van der Waals surface area contributed by atoms with Crippen LogP contribution in [0.5, 0.6) is 0 Å². The number of halogens is 1. The first-order valence-electron chi connectivity index (χ1n) is 5.25. The number of carboxylic acids is 1. The molecule has 0 saturated carbocycles. The number of amides is 1. The Balaban J connectivity index is 2.50. The van der Waals surface area contributed by atoms with Crippen LogP contribution >= 0.6 is 0 Å². The predicted octanol–water partition coefficient (Wildman–Crippen LogP) is 2.27. The van der Waals surface area contributed by atoms with E-state index in [2.05, 4.69) is 5.32 Å². The Labute approximate surface area is 98.5 Å². The normalized spacial score (nSPS) is 11.9. The van der Waals surface area contributed by atoms with Gasteiger partial charge in [0.15, 0.2) is 0 Å². The molecule has 1 aromatic carbocycles. The Morgan fingerprint density at radius 2 is 2.00 bits per heavy atom. The topological polar surface area (TPSA) is 66.4 Å². The highest BCUT2D eigenvalue weighted by atomic mass is 19.1. The molecule has 0 heterocycles. The summed E-state index contributed by atoms with van der Waals surface area (Å²) in [5.41, 5.74) is 0.111. The zero-order chi connectivity index (χ0) is 12.8.